The zero-order chi connectivity index (χ0) is 15.2. The van der Waals surface area contributed by atoms with Gasteiger partial charge >= 0.3 is 5.97 Å². The summed E-state index contributed by atoms with van der Waals surface area (Å²) in [6.45, 7) is 1.96. The molecule has 0 aliphatic carbocycles. The highest BCUT2D eigenvalue weighted by molar-refractivity contribution is 7.99. The molecule has 6 heteroatoms. The number of hydrogen-bond acceptors (Lipinski definition) is 4. The maximum absolute atomic E-state index is 11.8. The zero-order valence-electron chi connectivity index (χ0n) is 11.5. The Hall–Kier alpha value is -2.21. The van der Waals surface area contributed by atoms with Crippen LogP contribution in [0.25, 0.3) is 0 Å². The average Bonchev–Trinajstić information content (AvgIpc) is 2.87. The molecule has 1 aromatic carbocycles. The maximum Gasteiger partial charge on any atom is 0.371 e. The minimum atomic E-state index is -1.09. The van der Waals surface area contributed by atoms with Crippen molar-refractivity contribution in [2.24, 2.45) is 0 Å². The van der Waals surface area contributed by atoms with E-state index in [-0.39, 0.29) is 17.4 Å². The highest BCUT2D eigenvalue weighted by Gasteiger charge is 2.09. The van der Waals surface area contributed by atoms with Crippen molar-refractivity contribution in [1.82, 2.24) is 0 Å². The van der Waals surface area contributed by atoms with Crippen LogP contribution in [0.4, 0.5) is 5.69 Å². The van der Waals surface area contributed by atoms with Crippen LogP contribution < -0.4 is 5.32 Å². The normalized spacial score (nSPS) is 10.3. The third kappa shape index (κ3) is 4.68. The molecule has 2 aromatic rings. The van der Waals surface area contributed by atoms with Crippen LogP contribution in [-0.4, -0.2) is 22.7 Å². The first-order chi connectivity index (χ1) is 10.0. The van der Waals surface area contributed by atoms with Crippen LogP contribution in [0, 0.1) is 6.92 Å². The second-order valence-corrected chi connectivity index (χ2v) is 5.47. The zero-order valence-corrected chi connectivity index (χ0v) is 12.3. The summed E-state index contributed by atoms with van der Waals surface area (Å²) < 4.78 is 5.11. The van der Waals surface area contributed by atoms with Gasteiger partial charge in [0.15, 0.2) is 0 Å². The van der Waals surface area contributed by atoms with Gasteiger partial charge in [0.25, 0.3) is 0 Å². The van der Waals surface area contributed by atoms with Crippen molar-refractivity contribution >= 4 is 29.3 Å². The number of carbonyl (C=O) groups is 2. The van der Waals surface area contributed by atoms with Crippen molar-refractivity contribution in [2.75, 3.05) is 11.1 Å². The van der Waals surface area contributed by atoms with Gasteiger partial charge in [0.05, 0.1) is 11.5 Å². The number of furan rings is 1. The van der Waals surface area contributed by atoms with Gasteiger partial charge in [-0.3, -0.25) is 4.79 Å². The Bertz CT molecular complexity index is 651. The minimum Gasteiger partial charge on any atom is -0.475 e. The number of carbonyl (C=O) groups excluding carboxylic acids is 1. The van der Waals surface area contributed by atoms with Gasteiger partial charge in [-0.05, 0) is 36.8 Å². The van der Waals surface area contributed by atoms with Gasteiger partial charge in [0.1, 0.15) is 5.76 Å². The van der Waals surface area contributed by atoms with E-state index in [0.29, 0.717) is 11.5 Å². The lowest BCUT2D eigenvalue weighted by atomic mass is 10.2. The van der Waals surface area contributed by atoms with E-state index in [1.807, 2.05) is 31.2 Å². The van der Waals surface area contributed by atoms with Crippen molar-refractivity contribution in [2.45, 2.75) is 12.7 Å². The van der Waals surface area contributed by atoms with E-state index in [2.05, 4.69) is 5.32 Å². The van der Waals surface area contributed by atoms with Gasteiger partial charge in [-0.15, -0.1) is 11.8 Å². The first-order valence-corrected chi connectivity index (χ1v) is 7.46. The second-order valence-electron chi connectivity index (χ2n) is 4.48. The fraction of sp³-hybridized carbons (Fsp3) is 0.200. The molecule has 0 atom stereocenters. The van der Waals surface area contributed by atoms with Crippen molar-refractivity contribution in [3.63, 3.8) is 0 Å². The third-order valence-corrected chi connectivity index (χ3v) is 3.61. The fourth-order valence-corrected chi connectivity index (χ4v) is 2.45. The molecule has 1 heterocycles. The largest absolute Gasteiger partial charge is 0.475 e. The summed E-state index contributed by atoms with van der Waals surface area (Å²) >= 11 is 1.36. The van der Waals surface area contributed by atoms with E-state index in [4.69, 9.17) is 9.52 Å². The second kappa shape index (κ2) is 6.99. The number of carboxylic acid groups (broad SMARTS) is 1. The average molecular weight is 305 g/mol. The smallest absolute Gasteiger partial charge is 0.371 e. The van der Waals surface area contributed by atoms with Crippen molar-refractivity contribution in [3.8, 4) is 0 Å². The van der Waals surface area contributed by atoms with Gasteiger partial charge in [0, 0.05) is 5.69 Å². The molecule has 0 radical (unpaired) electrons. The number of rotatable bonds is 6. The molecule has 21 heavy (non-hydrogen) atoms. The molecule has 1 amide bonds. The fourth-order valence-electron chi connectivity index (χ4n) is 1.73. The molecule has 0 spiro atoms. The van der Waals surface area contributed by atoms with Crippen LogP contribution >= 0.6 is 11.8 Å². The minimum absolute atomic E-state index is 0.0881. The highest BCUT2D eigenvalue weighted by atomic mass is 32.2. The molecule has 0 bridgehead atoms. The van der Waals surface area contributed by atoms with Gasteiger partial charge in [-0.2, -0.15) is 0 Å². The Balaban J connectivity index is 1.77. The number of carboxylic acids is 1. The molecule has 1 aromatic heterocycles. The number of benzene rings is 1. The topological polar surface area (TPSA) is 79.5 Å². The number of hydrogen-bond donors (Lipinski definition) is 2. The summed E-state index contributed by atoms with van der Waals surface area (Å²) in [5.74, 6) is -0.0133. The van der Waals surface area contributed by atoms with Crippen molar-refractivity contribution < 1.29 is 19.1 Å². The standard InChI is InChI=1S/C15H15NO4S/c1-10-3-2-4-11(7-10)16-14(17)9-21-8-12-5-6-13(20-12)15(18)19/h2-7H,8-9H2,1H3,(H,16,17)(H,18,19). The lowest BCUT2D eigenvalue weighted by Gasteiger charge is -2.05. The molecule has 0 aliphatic heterocycles. The molecule has 5 nitrogen and oxygen atoms in total. The van der Waals surface area contributed by atoms with Gasteiger partial charge in [-0.25, -0.2) is 4.79 Å². The first-order valence-electron chi connectivity index (χ1n) is 6.31. The molecule has 110 valence electrons. The lowest BCUT2D eigenvalue weighted by Crippen LogP contribution is -2.14. The highest BCUT2D eigenvalue weighted by Crippen LogP contribution is 2.16. The Labute approximate surface area is 126 Å². The monoisotopic (exact) mass is 305 g/mol. The number of aryl methyl sites for hydroxylation is 1. The molecule has 0 saturated heterocycles. The predicted octanol–water partition coefficient (Wildman–Crippen LogP) is 3.16. The van der Waals surface area contributed by atoms with E-state index in [9.17, 15) is 9.59 Å². The van der Waals surface area contributed by atoms with Gasteiger partial charge in [-0.1, -0.05) is 12.1 Å². The Morgan fingerprint density at radius 2 is 2.10 bits per heavy atom. The summed E-state index contributed by atoms with van der Waals surface area (Å²) in [4.78, 5) is 22.4. The summed E-state index contributed by atoms with van der Waals surface area (Å²) in [7, 11) is 0. The van der Waals surface area contributed by atoms with Crippen LogP contribution in [0.15, 0.2) is 40.8 Å². The van der Waals surface area contributed by atoms with Crippen LogP contribution in [-0.2, 0) is 10.5 Å². The summed E-state index contributed by atoms with van der Waals surface area (Å²) in [5.41, 5.74) is 1.85. The van der Waals surface area contributed by atoms with Crippen LogP contribution in [0.1, 0.15) is 21.9 Å². The molecule has 2 rings (SSSR count). The third-order valence-electron chi connectivity index (χ3n) is 2.65. The molecule has 0 fully saturated rings. The van der Waals surface area contributed by atoms with Crippen molar-refractivity contribution in [3.05, 3.63) is 53.5 Å². The van der Waals surface area contributed by atoms with E-state index in [1.165, 1.54) is 17.8 Å². The van der Waals surface area contributed by atoms with E-state index in [1.54, 1.807) is 6.07 Å². The molecule has 2 N–H and O–H groups in total. The Kier molecular flexibility index (Phi) is 5.05. The number of amides is 1. The predicted molar refractivity (Wildman–Crippen MR) is 81.6 cm³/mol. The number of thioether (sulfide) groups is 1. The number of nitrogens with one attached hydrogen (secondary N) is 1. The van der Waals surface area contributed by atoms with E-state index >= 15 is 0 Å². The molecular formula is C15H15NO4S. The summed E-state index contributed by atoms with van der Waals surface area (Å²) in [5, 5.41) is 11.5. The lowest BCUT2D eigenvalue weighted by molar-refractivity contribution is -0.113. The summed E-state index contributed by atoms with van der Waals surface area (Å²) in [6, 6.07) is 10.6. The van der Waals surface area contributed by atoms with Crippen LogP contribution in [0.2, 0.25) is 0 Å². The number of anilines is 1. The maximum atomic E-state index is 11.8. The summed E-state index contributed by atoms with van der Waals surface area (Å²) in [6.07, 6.45) is 0. The van der Waals surface area contributed by atoms with Gasteiger partial charge in [0.2, 0.25) is 11.7 Å². The number of aromatic carboxylic acids is 1. The first kappa shape index (κ1) is 15.2. The Morgan fingerprint density at radius 1 is 1.29 bits per heavy atom. The molecular weight excluding hydrogens is 290 g/mol. The van der Waals surface area contributed by atoms with Gasteiger partial charge < -0.3 is 14.8 Å². The molecule has 0 saturated carbocycles. The molecule has 0 unspecified atom stereocenters. The van der Waals surface area contributed by atoms with E-state index in [0.717, 1.165) is 11.3 Å². The quantitative estimate of drug-likeness (QED) is 0.857. The van der Waals surface area contributed by atoms with Crippen molar-refractivity contribution in [1.29, 1.82) is 0 Å². The SMILES string of the molecule is Cc1cccc(NC(=O)CSCc2ccc(C(=O)O)o2)c1. The van der Waals surface area contributed by atoms with Crippen LogP contribution in [0.3, 0.4) is 0 Å². The molecule has 0 aliphatic rings. The Morgan fingerprint density at radius 3 is 2.76 bits per heavy atom. The van der Waals surface area contributed by atoms with Crippen LogP contribution in [0.5, 0.6) is 0 Å². The van der Waals surface area contributed by atoms with E-state index < -0.39 is 5.97 Å².